The van der Waals surface area contributed by atoms with Gasteiger partial charge in [0, 0.05) is 10.9 Å². The maximum atomic E-state index is 6.23. The lowest BCUT2D eigenvalue weighted by atomic mass is 9.86. The van der Waals surface area contributed by atoms with E-state index in [4.69, 9.17) is 40.6 Å². The highest BCUT2D eigenvalue weighted by atomic mass is 35.5. The average Bonchev–Trinajstić information content (AvgIpc) is 2.33. The minimum atomic E-state index is -0.138. The van der Waals surface area contributed by atoms with Gasteiger partial charge in [-0.05, 0) is 17.5 Å². The van der Waals surface area contributed by atoms with E-state index in [9.17, 15) is 0 Å². The van der Waals surface area contributed by atoms with Gasteiger partial charge in [-0.3, -0.25) is 0 Å². The van der Waals surface area contributed by atoms with Crippen LogP contribution in [0.5, 0.6) is 0 Å². The minimum absolute atomic E-state index is 0.138. The van der Waals surface area contributed by atoms with Crippen molar-refractivity contribution >= 4 is 51.5 Å². The van der Waals surface area contributed by atoms with Crippen LogP contribution in [0.4, 0.5) is 5.82 Å². The summed E-state index contributed by atoms with van der Waals surface area (Å²) in [5, 5.41) is 2.03. The number of rotatable bonds is 1. The van der Waals surface area contributed by atoms with Crippen molar-refractivity contribution in [1.29, 1.82) is 0 Å². The number of aromatic nitrogens is 1. The van der Waals surface area contributed by atoms with Gasteiger partial charge in [0.2, 0.25) is 0 Å². The zero-order valence-corrected chi connectivity index (χ0v) is 13.1. The molecule has 0 amide bonds. The number of pyridine rings is 1. The molecule has 0 saturated heterocycles. The lowest BCUT2D eigenvalue weighted by Crippen LogP contribution is -2.19. The van der Waals surface area contributed by atoms with E-state index in [2.05, 4.69) is 31.2 Å². The fourth-order valence-electron chi connectivity index (χ4n) is 1.92. The molecule has 6 heteroatoms. The van der Waals surface area contributed by atoms with E-state index in [1.165, 1.54) is 0 Å². The minimum Gasteiger partial charge on any atom is -0.308 e. The molecule has 0 saturated carbocycles. The second-order valence-electron chi connectivity index (χ2n) is 5.33. The number of nitrogens with zero attached hydrogens (tertiary/aromatic N) is 1. The van der Waals surface area contributed by atoms with Crippen molar-refractivity contribution in [2.45, 2.75) is 26.2 Å². The van der Waals surface area contributed by atoms with Crippen LogP contribution < -0.4 is 11.3 Å². The molecule has 0 bridgehead atoms. The Balaban J connectivity index is 2.90. The lowest BCUT2D eigenvalue weighted by Gasteiger charge is -2.23. The Morgan fingerprint density at radius 3 is 2.26 bits per heavy atom. The van der Waals surface area contributed by atoms with E-state index in [1.807, 2.05) is 6.07 Å². The molecule has 102 valence electrons. The van der Waals surface area contributed by atoms with E-state index in [0.29, 0.717) is 26.4 Å². The van der Waals surface area contributed by atoms with Gasteiger partial charge in [-0.25, -0.2) is 10.8 Å². The van der Waals surface area contributed by atoms with E-state index in [1.54, 1.807) is 6.07 Å². The third-order valence-corrected chi connectivity index (χ3v) is 3.98. The fourth-order valence-corrected chi connectivity index (χ4v) is 2.63. The van der Waals surface area contributed by atoms with Gasteiger partial charge in [0.15, 0.2) is 0 Å². The molecule has 0 fully saturated rings. The number of hydrazine groups is 1. The van der Waals surface area contributed by atoms with Crippen LogP contribution >= 0.6 is 34.8 Å². The topological polar surface area (TPSA) is 50.9 Å². The SMILES string of the molecule is CC(C)(C)c1cc2c(Cl)c(Cl)cc(Cl)c2nc1NN. The molecule has 1 heterocycles. The normalized spacial score (nSPS) is 11.9. The van der Waals surface area contributed by atoms with Crippen molar-refractivity contribution in [2.75, 3.05) is 5.43 Å². The van der Waals surface area contributed by atoms with Gasteiger partial charge in [-0.15, -0.1) is 0 Å². The molecule has 0 unspecified atom stereocenters. The average molecular weight is 319 g/mol. The number of nitrogen functional groups attached to an aromatic ring is 1. The third kappa shape index (κ3) is 2.61. The van der Waals surface area contributed by atoms with E-state index in [0.717, 1.165) is 10.9 Å². The molecule has 0 spiro atoms. The number of anilines is 1. The zero-order chi connectivity index (χ0) is 14.4. The molecule has 0 radical (unpaired) electrons. The van der Waals surface area contributed by atoms with Crippen LogP contribution in [0.1, 0.15) is 26.3 Å². The number of fused-ring (bicyclic) bond motifs is 1. The Bertz CT molecular complexity index is 648. The Morgan fingerprint density at radius 2 is 1.74 bits per heavy atom. The standard InChI is InChI=1S/C13H14Cl3N3/c1-13(2,3)7-4-6-10(16)8(14)5-9(15)11(6)18-12(7)19-17/h4-5H,17H2,1-3H3,(H,18,19). The lowest BCUT2D eigenvalue weighted by molar-refractivity contribution is 0.590. The predicted octanol–water partition coefficient (Wildman–Crippen LogP) is 4.78. The van der Waals surface area contributed by atoms with Gasteiger partial charge < -0.3 is 5.43 Å². The van der Waals surface area contributed by atoms with Crippen LogP contribution in [-0.4, -0.2) is 4.98 Å². The van der Waals surface area contributed by atoms with Gasteiger partial charge in [0.05, 0.1) is 20.6 Å². The molecular formula is C13H14Cl3N3. The molecule has 0 aliphatic rings. The van der Waals surface area contributed by atoms with Crippen molar-refractivity contribution in [2.24, 2.45) is 5.84 Å². The molecule has 0 aliphatic heterocycles. The summed E-state index contributed by atoms with van der Waals surface area (Å²) in [4.78, 5) is 4.45. The van der Waals surface area contributed by atoms with Crippen LogP contribution in [0.2, 0.25) is 15.1 Å². The van der Waals surface area contributed by atoms with E-state index in [-0.39, 0.29) is 5.41 Å². The summed E-state index contributed by atoms with van der Waals surface area (Å²) in [6.07, 6.45) is 0. The van der Waals surface area contributed by atoms with Crippen molar-refractivity contribution in [3.8, 4) is 0 Å². The number of nitrogens with two attached hydrogens (primary N) is 1. The first-order valence-corrected chi connectivity index (χ1v) is 6.84. The number of hydrogen-bond donors (Lipinski definition) is 2. The van der Waals surface area contributed by atoms with Crippen molar-refractivity contribution in [1.82, 2.24) is 4.98 Å². The van der Waals surface area contributed by atoms with Gasteiger partial charge in [0.1, 0.15) is 5.82 Å². The van der Waals surface area contributed by atoms with Gasteiger partial charge in [-0.2, -0.15) is 0 Å². The summed E-state index contributed by atoms with van der Waals surface area (Å²) < 4.78 is 0. The van der Waals surface area contributed by atoms with Gasteiger partial charge >= 0.3 is 0 Å². The van der Waals surface area contributed by atoms with Gasteiger partial charge in [0.25, 0.3) is 0 Å². The Labute approximate surface area is 127 Å². The Morgan fingerprint density at radius 1 is 1.11 bits per heavy atom. The third-order valence-electron chi connectivity index (χ3n) is 2.89. The first-order chi connectivity index (χ1) is 8.75. The monoisotopic (exact) mass is 317 g/mol. The second-order valence-corrected chi connectivity index (χ2v) is 6.52. The highest BCUT2D eigenvalue weighted by Gasteiger charge is 2.22. The fraction of sp³-hybridized carbons (Fsp3) is 0.308. The molecule has 1 aromatic carbocycles. The summed E-state index contributed by atoms with van der Waals surface area (Å²) in [6, 6.07) is 3.51. The number of benzene rings is 1. The predicted molar refractivity (Wildman–Crippen MR) is 83.3 cm³/mol. The van der Waals surface area contributed by atoms with Crippen molar-refractivity contribution in [3.63, 3.8) is 0 Å². The second kappa shape index (κ2) is 4.98. The first-order valence-electron chi connectivity index (χ1n) is 5.71. The number of hydrogen-bond acceptors (Lipinski definition) is 3. The Hall–Kier alpha value is -0.740. The maximum Gasteiger partial charge on any atom is 0.144 e. The summed E-state index contributed by atoms with van der Waals surface area (Å²) >= 11 is 18.4. The molecule has 19 heavy (non-hydrogen) atoms. The zero-order valence-electron chi connectivity index (χ0n) is 10.8. The molecule has 2 rings (SSSR count). The van der Waals surface area contributed by atoms with Crippen LogP contribution in [0, 0.1) is 0 Å². The van der Waals surface area contributed by atoms with Crippen molar-refractivity contribution < 1.29 is 0 Å². The quantitative estimate of drug-likeness (QED) is 0.452. The smallest absolute Gasteiger partial charge is 0.144 e. The largest absolute Gasteiger partial charge is 0.308 e. The van der Waals surface area contributed by atoms with Crippen LogP contribution in [-0.2, 0) is 5.41 Å². The molecule has 0 atom stereocenters. The van der Waals surface area contributed by atoms with Gasteiger partial charge in [-0.1, -0.05) is 55.6 Å². The molecule has 3 N–H and O–H groups in total. The number of nitrogens with one attached hydrogen (secondary N) is 1. The molecular weight excluding hydrogens is 305 g/mol. The number of halogens is 3. The first kappa shape index (κ1) is 14.7. The summed E-state index contributed by atoms with van der Waals surface area (Å²) in [5.74, 6) is 6.13. The highest BCUT2D eigenvalue weighted by Crippen LogP contribution is 2.39. The maximum absolute atomic E-state index is 6.23. The molecule has 0 aliphatic carbocycles. The van der Waals surface area contributed by atoms with Crippen LogP contribution in [0.25, 0.3) is 10.9 Å². The van der Waals surface area contributed by atoms with E-state index >= 15 is 0 Å². The van der Waals surface area contributed by atoms with E-state index < -0.39 is 0 Å². The molecule has 2 aromatic rings. The van der Waals surface area contributed by atoms with Crippen LogP contribution in [0.3, 0.4) is 0 Å². The summed E-state index contributed by atoms with van der Waals surface area (Å²) in [5.41, 5.74) is 4.00. The Kier molecular flexibility index (Phi) is 3.85. The highest BCUT2D eigenvalue weighted by molar-refractivity contribution is 6.47. The molecule has 3 nitrogen and oxygen atoms in total. The van der Waals surface area contributed by atoms with Crippen molar-refractivity contribution in [3.05, 3.63) is 32.8 Å². The molecule has 1 aromatic heterocycles. The summed E-state index contributed by atoms with van der Waals surface area (Å²) in [6.45, 7) is 6.20. The van der Waals surface area contributed by atoms with Crippen LogP contribution in [0.15, 0.2) is 12.1 Å². The summed E-state index contributed by atoms with van der Waals surface area (Å²) in [7, 11) is 0.